The average molecular weight is 192 g/mol. The van der Waals surface area contributed by atoms with Crippen LogP contribution >= 0.6 is 0 Å². The summed E-state index contributed by atoms with van der Waals surface area (Å²) in [6, 6.07) is 0. The summed E-state index contributed by atoms with van der Waals surface area (Å²) in [5.74, 6) is 0. The van der Waals surface area contributed by atoms with Crippen molar-refractivity contribution in [2.45, 2.75) is 27.2 Å². The van der Waals surface area contributed by atoms with E-state index in [-0.39, 0.29) is 0 Å². The molecule has 0 heterocycles. The molecule has 0 saturated carbocycles. The van der Waals surface area contributed by atoms with Crippen molar-refractivity contribution in [2.75, 3.05) is 6.54 Å². The molecule has 0 spiro atoms. The zero-order valence-corrected chi connectivity index (χ0v) is 9.66. The van der Waals surface area contributed by atoms with E-state index in [4.69, 9.17) is 0 Å². The Morgan fingerprint density at radius 3 is 2.21 bits per heavy atom. The van der Waals surface area contributed by atoms with E-state index in [9.17, 15) is 0 Å². The van der Waals surface area contributed by atoms with Crippen molar-refractivity contribution in [3.05, 3.63) is 37.6 Å². The van der Waals surface area contributed by atoms with E-state index in [1.165, 1.54) is 0 Å². The third-order valence-corrected chi connectivity index (χ3v) is 1.83. The third-order valence-electron chi connectivity index (χ3n) is 1.83. The Morgan fingerprint density at radius 1 is 1.14 bits per heavy atom. The SMILES string of the molecule is C=C/C=C\[N+](=C/C=C)CCC(C)(C)C. The first kappa shape index (κ1) is 12.9. The van der Waals surface area contributed by atoms with Crippen LogP contribution in [0.4, 0.5) is 0 Å². The van der Waals surface area contributed by atoms with Gasteiger partial charge in [-0.05, 0) is 11.5 Å². The fourth-order valence-corrected chi connectivity index (χ4v) is 0.970. The van der Waals surface area contributed by atoms with Gasteiger partial charge in [-0.3, -0.25) is 0 Å². The highest BCUT2D eigenvalue weighted by Gasteiger charge is 2.12. The molecule has 0 aliphatic carbocycles. The normalized spacial score (nSPS) is 13.2. The van der Waals surface area contributed by atoms with Gasteiger partial charge in [-0.15, -0.1) is 0 Å². The molecule has 0 aromatic rings. The fraction of sp³-hybridized carbons (Fsp3) is 0.462. The number of hydrogen-bond acceptors (Lipinski definition) is 0. The summed E-state index contributed by atoms with van der Waals surface area (Å²) < 4.78 is 2.12. The lowest BCUT2D eigenvalue weighted by molar-refractivity contribution is -0.454. The van der Waals surface area contributed by atoms with Crippen molar-refractivity contribution in [3.8, 4) is 0 Å². The summed E-state index contributed by atoms with van der Waals surface area (Å²) in [5.41, 5.74) is 0.370. The van der Waals surface area contributed by atoms with Crippen molar-refractivity contribution in [1.82, 2.24) is 0 Å². The van der Waals surface area contributed by atoms with Crippen LogP contribution in [0.25, 0.3) is 0 Å². The highest BCUT2D eigenvalue weighted by molar-refractivity contribution is 5.65. The first-order chi connectivity index (χ1) is 6.49. The first-order valence-corrected chi connectivity index (χ1v) is 5.00. The lowest BCUT2D eigenvalue weighted by atomic mass is 9.92. The second kappa shape index (κ2) is 6.36. The molecule has 0 N–H and O–H groups in total. The lowest BCUT2D eigenvalue weighted by Crippen LogP contribution is -2.15. The van der Waals surface area contributed by atoms with Crippen molar-refractivity contribution in [3.63, 3.8) is 0 Å². The number of nitrogens with zero attached hydrogens (tertiary/aromatic N) is 1. The summed E-state index contributed by atoms with van der Waals surface area (Å²) in [6.07, 6.45) is 10.7. The molecule has 0 aromatic heterocycles. The molecular weight excluding hydrogens is 170 g/mol. The minimum atomic E-state index is 0.370. The van der Waals surface area contributed by atoms with Crippen LogP contribution in [0.5, 0.6) is 0 Å². The maximum Gasteiger partial charge on any atom is 0.168 e. The van der Waals surface area contributed by atoms with Crippen LogP contribution in [0.15, 0.2) is 37.6 Å². The molecule has 0 bridgehead atoms. The molecule has 0 saturated heterocycles. The average Bonchev–Trinajstić information content (AvgIpc) is 2.08. The van der Waals surface area contributed by atoms with Crippen molar-refractivity contribution >= 4 is 6.21 Å². The van der Waals surface area contributed by atoms with E-state index in [0.717, 1.165) is 13.0 Å². The van der Waals surface area contributed by atoms with E-state index in [1.54, 1.807) is 12.2 Å². The van der Waals surface area contributed by atoms with Crippen molar-refractivity contribution in [2.24, 2.45) is 5.41 Å². The molecule has 0 amide bonds. The minimum Gasteiger partial charge on any atom is -0.205 e. The topological polar surface area (TPSA) is 3.01 Å². The molecular formula is C13H22N+. The molecule has 0 radical (unpaired) electrons. The molecule has 0 aliphatic rings. The quantitative estimate of drug-likeness (QED) is 0.357. The highest BCUT2D eigenvalue weighted by atomic mass is 15.0. The molecule has 1 heteroatoms. The van der Waals surface area contributed by atoms with E-state index >= 15 is 0 Å². The van der Waals surface area contributed by atoms with Crippen LogP contribution in [0, 0.1) is 5.41 Å². The molecule has 0 unspecified atom stereocenters. The predicted molar refractivity (Wildman–Crippen MR) is 64.8 cm³/mol. The van der Waals surface area contributed by atoms with Crippen LogP contribution in [0.1, 0.15) is 27.2 Å². The molecule has 0 fully saturated rings. The Hall–Kier alpha value is -1.11. The smallest absolute Gasteiger partial charge is 0.168 e. The summed E-state index contributed by atoms with van der Waals surface area (Å²) in [7, 11) is 0. The van der Waals surface area contributed by atoms with Gasteiger partial charge < -0.3 is 0 Å². The van der Waals surface area contributed by atoms with Crippen LogP contribution < -0.4 is 0 Å². The van der Waals surface area contributed by atoms with Crippen LogP contribution in [-0.2, 0) is 0 Å². The van der Waals surface area contributed by atoms with Gasteiger partial charge in [0.1, 0.15) is 6.54 Å². The van der Waals surface area contributed by atoms with E-state index in [1.807, 2.05) is 18.5 Å². The zero-order valence-electron chi connectivity index (χ0n) is 9.66. The Balaban J connectivity index is 4.25. The Morgan fingerprint density at radius 2 is 1.79 bits per heavy atom. The number of hydrogen-bond donors (Lipinski definition) is 0. The highest BCUT2D eigenvalue weighted by Crippen LogP contribution is 2.17. The van der Waals surface area contributed by atoms with E-state index in [2.05, 4.69) is 38.5 Å². The van der Waals surface area contributed by atoms with E-state index < -0.39 is 0 Å². The largest absolute Gasteiger partial charge is 0.205 e. The van der Waals surface area contributed by atoms with Gasteiger partial charge in [0.2, 0.25) is 0 Å². The van der Waals surface area contributed by atoms with Crippen molar-refractivity contribution in [1.29, 1.82) is 0 Å². The van der Waals surface area contributed by atoms with Crippen LogP contribution in [-0.4, -0.2) is 17.3 Å². The molecule has 0 aromatic carbocycles. The first-order valence-electron chi connectivity index (χ1n) is 5.00. The van der Waals surface area contributed by atoms with Gasteiger partial charge in [0.05, 0.1) is 0 Å². The Labute approximate surface area is 88.2 Å². The zero-order chi connectivity index (χ0) is 11.0. The minimum absolute atomic E-state index is 0.370. The number of allylic oxidation sites excluding steroid dienone is 3. The molecule has 14 heavy (non-hydrogen) atoms. The van der Waals surface area contributed by atoms with Crippen LogP contribution in [0.3, 0.4) is 0 Å². The monoisotopic (exact) mass is 192 g/mol. The molecule has 0 rings (SSSR count). The molecule has 0 atom stereocenters. The summed E-state index contributed by atoms with van der Waals surface area (Å²) in [5, 5.41) is 0. The van der Waals surface area contributed by atoms with E-state index in [0.29, 0.717) is 5.41 Å². The van der Waals surface area contributed by atoms with Crippen LogP contribution in [0.2, 0.25) is 0 Å². The maximum atomic E-state index is 3.70. The second-order valence-corrected chi connectivity index (χ2v) is 4.51. The van der Waals surface area contributed by atoms with Gasteiger partial charge in [0.15, 0.2) is 12.4 Å². The predicted octanol–water partition coefficient (Wildman–Crippen LogP) is 3.39. The Kier molecular flexibility index (Phi) is 5.86. The number of rotatable bonds is 5. The summed E-state index contributed by atoms with van der Waals surface area (Å²) in [4.78, 5) is 0. The van der Waals surface area contributed by atoms with Gasteiger partial charge in [-0.1, -0.05) is 40.0 Å². The third kappa shape index (κ3) is 7.53. The molecule has 1 nitrogen and oxygen atoms in total. The maximum absolute atomic E-state index is 3.70. The fourth-order valence-electron chi connectivity index (χ4n) is 0.970. The standard InChI is InChI=1S/C13H22N/c1-6-8-11-14(10-7-2)12-9-13(3,4)5/h6-8,10-11H,1-2,9,12H2,3-5H3/q+1/b11-8-,14-10+. The van der Waals surface area contributed by atoms with Gasteiger partial charge >= 0.3 is 0 Å². The molecule has 0 aliphatic heterocycles. The van der Waals surface area contributed by atoms with Crippen molar-refractivity contribution < 1.29 is 4.58 Å². The summed E-state index contributed by atoms with van der Waals surface area (Å²) >= 11 is 0. The second-order valence-electron chi connectivity index (χ2n) is 4.51. The molecule has 78 valence electrons. The van der Waals surface area contributed by atoms with Gasteiger partial charge in [0, 0.05) is 12.5 Å². The lowest BCUT2D eigenvalue weighted by Gasteiger charge is -2.15. The van der Waals surface area contributed by atoms with Gasteiger partial charge in [0.25, 0.3) is 0 Å². The summed E-state index contributed by atoms with van der Waals surface area (Å²) in [6.45, 7) is 15.1. The van der Waals surface area contributed by atoms with Gasteiger partial charge in [-0.2, -0.15) is 0 Å². The Bertz CT molecular complexity index is 238. The van der Waals surface area contributed by atoms with Gasteiger partial charge in [-0.25, -0.2) is 4.58 Å².